The lowest BCUT2D eigenvalue weighted by atomic mass is 9.83. The summed E-state index contributed by atoms with van der Waals surface area (Å²) in [5, 5.41) is 4.45. The minimum Gasteiger partial charge on any atom is -0.351 e. The molecule has 2 aliphatic rings. The smallest absolute Gasteiger partial charge is 0.272 e. The van der Waals surface area contributed by atoms with Crippen LogP contribution < -0.4 is 5.32 Å². The number of nitrogens with one attached hydrogen (secondary N) is 1. The van der Waals surface area contributed by atoms with Crippen molar-refractivity contribution in [3.8, 4) is 0 Å². The van der Waals surface area contributed by atoms with Crippen LogP contribution >= 0.6 is 0 Å². The molecule has 3 aromatic carbocycles. The van der Waals surface area contributed by atoms with Crippen LogP contribution in [-0.2, 0) is 23.4 Å². The van der Waals surface area contributed by atoms with Crippen LogP contribution in [0.1, 0.15) is 65.7 Å². The minimum absolute atomic E-state index is 0.0838. The molecule has 0 bridgehead atoms. The fourth-order valence-corrected chi connectivity index (χ4v) is 6.28. The topological polar surface area (TPSA) is 54.3 Å². The van der Waals surface area contributed by atoms with E-state index in [1.807, 2.05) is 65.6 Å². The number of nitrogens with zero attached hydrogens (tertiary/aromatic N) is 2. The zero-order valence-electron chi connectivity index (χ0n) is 22.0. The third-order valence-electron chi connectivity index (χ3n) is 8.40. The van der Waals surface area contributed by atoms with Crippen LogP contribution in [0, 0.1) is 6.92 Å². The molecule has 1 aromatic heterocycles. The highest BCUT2D eigenvalue weighted by Gasteiger charge is 2.52. The fraction of sp³-hybridized carbons (Fsp3) is 0.333. The molecule has 2 heterocycles. The molecule has 0 saturated heterocycles. The molecule has 5 heteroatoms. The number of hydrogen-bond acceptors (Lipinski definition) is 2. The van der Waals surface area contributed by atoms with Crippen molar-refractivity contribution >= 4 is 22.7 Å². The van der Waals surface area contributed by atoms with Crippen LogP contribution in [-0.4, -0.2) is 27.3 Å². The van der Waals surface area contributed by atoms with Gasteiger partial charge in [0.2, 0.25) is 0 Å². The number of para-hydroxylation sites is 1. The SMILES string of the molecule is Cc1ccc(CN2C(=O)c3cc4ccccc4n3C[C@@]2(C(=O)NC2CCCCCC2)c2ccccc2)cc1. The van der Waals surface area contributed by atoms with Crippen LogP contribution in [0.15, 0.2) is 84.9 Å². The molecule has 38 heavy (non-hydrogen) atoms. The molecule has 1 aliphatic carbocycles. The first-order valence-corrected chi connectivity index (χ1v) is 13.9. The summed E-state index contributed by atoms with van der Waals surface area (Å²) >= 11 is 0. The Balaban J connectivity index is 1.52. The van der Waals surface area contributed by atoms with Crippen molar-refractivity contribution in [2.75, 3.05) is 0 Å². The maximum atomic E-state index is 14.7. The third kappa shape index (κ3) is 4.30. The Hall–Kier alpha value is -3.86. The quantitative estimate of drug-likeness (QED) is 0.322. The van der Waals surface area contributed by atoms with Gasteiger partial charge in [0.05, 0.1) is 6.54 Å². The molecule has 1 atom stereocenters. The van der Waals surface area contributed by atoms with E-state index < -0.39 is 5.54 Å². The zero-order valence-corrected chi connectivity index (χ0v) is 22.0. The van der Waals surface area contributed by atoms with Crippen molar-refractivity contribution in [3.63, 3.8) is 0 Å². The molecule has 1 fully saturated rings. The second-order valence-electron chi connectivity index (χ2n) is 10.9. The molecular weight excluding hydrogens is 470 g/mol. The number of hydrogen-bond donors (Lipinski definition) is 1. The highest BCUT2D eigenvalue weighted by molar-refractivity contribution is 6.04. The zero-order chi connectivity index (χ0) is 26.1. The maximum Gasteiger partial charge on any atom is 0.272 e. The molecule has 2 amide bonds. The van der Waals surface area contributed by atoms with E-state index in [-0.39, 0.29) is 17.9 Å². The van der Waals surface area contributed by atoms with Crippen LogP contribution in [0.5, 0.6) is 0 Å². The number of benzene rings is 3. The Morgan fingerprint density at radius 3 is 2.32 bits per heavy atom. The summed E-state index contributed by atoms with van der Waals surface area (Å²) in [5.41, 5.74) is 3.45. The monoisotopic (exact) mass is 505 g/mol. The average molecular weight is 506 g/mol. The normalized spacial score (nSPS) is 20.2. The highest BCUT2D eigenvalue weighted by atomic mass is 16.2. The van der Waals surface area contributed by atoms with Gasteiger partial charge in [-0.15, -0.1) is 0 Å². The molecule has 4 aromatic rings. The van der Waals surface area contributed by atoms with Crippen molar-refractivity contribution in [1.82, 2.24) is 14.8 Å². The first-order valence-electron chi connectivity index (χ1n) is 13.9. The van der Waals surface area contributed by atoms with E-state index >= 15 is 0 Å². The van der Waals surface area contributed by atoms with Crippen molar-refractivity contribution in [1.29, 1.82) is 0 Å². The first kappa shape index (κ1) is 24.5. The molecule has 1 saturated carbocycles. The summed E-state index contributed by atoms with van der Waals surface area (Å²) in [7, 11) is 0. The Morgan fingerprint density at radius 2 is 1.58 bits per heavy atom. The van der Waals surface area contributed by atoms with Crippen molar-refractivity contribution < 1.29 is 9.59 Å². The van der Waals surface area contributed by atoms with Gasteiger partial charge in [-0.3, -0.25) is 9.59 Å². The van der Waals surface area contributed by atoms with E-state index in [0.29, 0.717) is 18.8 Å². The Bertz CT molecular complexity index is 1450. The Kier molecular flexibility index (Phi) is 6.52. The number of aromatic nitrogens is 1. The second kappa shape index (κ2) is 10.1. The molecule has 1 aliphatic heterocycles. The van der Waals surface area contributed by atoms with Gasteiger partial charge in [0, 0.05) is 23.5 Å². The maximum absolute atomic E-state index is 14.7. The van der Waals surface area contributed by atoms with Crippen molar-refractivity contribution in [2.24, 2.45) is 0 Å². The van der Waals surface area contributed by atoms with Crippen LogP contribution in [0.2, 0.25) is 0 Å². The number of carbonyl (C=O) groups excluding carboxylic acids is 2. The van der Waals surface area contributed by atoms with E-state index in [0.717, 1.165) is 47.7 Å². The Morgan fingerprint density at radius 1 is 0.895 bits per heavy atom. The summed E-state index contributed by atoms with van der Waals surface area (Å²) < 4.78 is 2.06. The molecular formula is C33H35N3O2. The van der Waals surface area contributed by atoms with E-state index in [1.165, 1.54) is 18.4 Å². The lowest BCUT2D eigenvalue weighted by Crippen LogP contribution is -2.63. The van der Waals surface area contributed by atoms with Crippen LogP contribution in [0.4, 0.5) is 0 Å². The van der Waals surface area contributed by atoms with E-state index in [2.05, 4.69) is 41.1 Å². The van der Waals surface area contributed by atoms with Crippen LogP contribution in [0.25, 0.3) is 10.9 Å². The number of rotatable bonds is 5. The van der Waals surface area contributed by atoms with Crippen molar-refractivity contribution in [3.05, 3.63) is 107 Å². The molecule has 194 valence electrons. The number of fused-ring (bicyclic) bond motifs is 3. The summed E-state index contributed by atoms with van der Waals surface area (Å²) in [5.74, 6) is -0.201. The van der Waals surface area contributed by atoms with Crippen molar-refractivity contribution in [2.45, 2.75) is 70.1 Å². The molecule has 5 nitrogen and oxygen atoms in total. The first-order chi connectivity index (χ1) is 18.6. The van der Waals surface area contributed by atoms with E-state index in [9.17, 15) is 9.59 Å². The predicted octanol–water partition coefficient (Wildman–Crippen LogP) is 6.34. The summed E-state index contributed by atoms with van der Waals surface area (Å²) in [4.78, 5) is 30.9. The highest BCUT2D eigenvalue weighted by Crippen LogP contribution is 2.40. The van der Waals surface area contributed by atoms with Gasteiger partial charge in [0.25, 0.3) is 11.8 Å². The molecule has 6 rings (SSSR count). The predicted molar refractivity (Wildman–Crippen MR) is 151 cm³/mol. The fourth-order valence-electron chi connectivity index (χ4n) is 6.28. The van der Waals surface area contributed by atoms with Gasteiger partial charge < -0.3 is 14.8 Å². The molecule has 0 unspecified atom stereocenters. The third-order valence-corrected chi connectivity index (χ3v) is 8.40. The van der Waals surface area contributed by atoms with Gasteiger partial charge in [0.1, 0.15) is 5.69 Å². The van der Waals surface area contributed by atoms with Gasteiger partial charge in [-0.25, -0.2) is 0 Å². The number of carbonyl (C=O) groups is 2. The van der Waals surface area contributed by atoms with Gasteiger partial charge in [-0.2, -0.15) is 0 Å². The van der Waals surface area contributed by atoms with Crippen LogP contribution in [0.3, 0.4) is 0 Å². The van der Waals surface area contributed by atoms with E-state index in [4.69, 9.17) is 0 Å². The van der Waals surface area contributed by atoms with E-state index in [1.54, 1.807) is 0 Å². The lowest BCUT2D eigenvalue weighted by Gasteiger charge is -2.47. The summed E-state index contributed by atoms with van der Waals surface area (Å²) in [6.07, 6.45) is 6.66. The largest absolute Gasteiger partial charge is 0.351 e. The standard InChI is InChI=1S/C33H35N3O2/c1-24-17-19-25(20-18-24)22-36-31(37)30-21-26-11-9-10-16-29(26)35(30)23-33(36,27-12-5-4-6-13-27)32(38)34-28-14-7-2-3-8-15-28/h4-6,9-13,16-21,28H,2-3,7-8,14-15,22-23H2,1H3,(H,34,38)/t33-/m0/s1. The molecule has 0 radical (unpaired) electrons. The average Bonchev–Trinajstić information content (AvgIpc) is 3.11. The lowest BCUT2D eigenvalue weighted by molar-refractivity contribution is -0.136. The molecule has 0 spiro atoms. The minimum atomic E-state index is -1.18. The summed E-state index contributed by atoms with van der Waals surface area (Å²) in [6.45, 7) is 2.78. The number of amides is 2. The number of aryl methyl sites for hydroxylation is 1. The molecule has 1 N–H and O–H groups in total. The van der Waals surface area contributed by atoms with Gasteiger partial charge in [-0.1, -0.05) is 104 Å². The second-order valence-corrected chi connectivity index (χ2v) is 10.9. The van der Waals surface area contributed by atoms with Gasteiger partial charge >= 0.3 is 0 Å². The van der Waals surface area contributed by atoms with Gasteiger partial charge in [0.15, 0.2) is 5.54 Å². The summed E-state index contributed by atoms with van der Waals surface area (Å²) in [6, 6.07) is 28.3. The van der Waals surface area contributed by atoms with Gasteiger partial charge in [-0.05, 0) is 43.0 Å². The Labute approximate surface area is 224 Å².